The number of aromatic nitrogens is 2. The molecule has 0 aromatic carbocycles. The molecule has 1 fully saturated rings. The summed E-state index contributed by atoms with van der Waals surface area (Å²) in [7, 11) is 0. The third-order valence-corrected chi connectivity index (χ3v) is 3.42. The van der Waals surface area contributed by atoms with Gasteiger partial charge in [0.15, 0.2) is 0 Å². The molecule has 1 aliphatic rings. The molecule has 0 spiro atoms. The molecule has 1 saturated carbocycles. The summed E-state index contributed by atoms with van der Waals surface area (Å²) >= 11 is 0. The fraction of sp³-hybridized carbons (Fsp3) is 0.667. The van der Waals surface area contributed by atoms with Gasteiger partial charge in [0, 0.05) is 12.5 Å². The topological polar surface area (TPSA) is 67.6 Å². The first-order valence-corrected chi connectivity index (χ1v) is 6.04. The highest BCUT2D eigenvalue weighted by Gasteiger charge is 2.24. The SMILES string of the molecule is CCn1nc(C2CCCCC2)c(C#N)c1N. The molecule has 4 heteroatoms. The van der Waals surface area contributed by atoms with Gasteiger partial charge in [-0.25, -0.2) is 4.68 Å². The molecule has 86 valence electrons. The van der Waals surface area contributed by atoms with Crippen molar-refractivity contribution in [1.82, 2.24) is 9.78 Å². The quantitative estimate of drug-likeness (QED) is 0.828. The van der Waals surface area contributed by atoms with Crippen molar-refractivity contribution in [2.45, 2.75) is 51.5 Å². The van der Waals surface area contributed by atoms with E-state index in [1.165, 1.54) is 19.3 Å². The lowest BCUT2D eigenvalue weighted by molar-refractivity contribution is 0.432. The van der Waals surface area contributed by atoms with Crippen LogP contribution in [0.3, 0.4) is 0 Å². The Bertz CT molecular complexity index is 407. The fourth-order valence-electron chi connectivity index (χ4n) is 2.51. The van der Waals surface area contributed by atoms with E-state index >= 15 is 0 Å². The smallest absolute Gasteiger partial charge is 0.140 e. The summed E-state index contributed by atoms with van der Waals surface area (Å²) in [5.74, 6) is 0.976. The summed E-state index contributed by atoms with van der Waals surface area (Å²) in [6.45, 7) is 2.72. The summed E-state index contributed by atoms with van der Waals surface area (Å²) < 4.78 is 1.74. The van der Waals surface area contributed by atoms with Crippen LogP contribution >= 0.6 is 0 Å². The van der Waals surface area contributed by atoms with Crippen molar-refractivity contribution in [3.63, 3.8) is 0 Å². The van der Waals surface area contributed by atoms with Gasteiger partial charge in [-0.05, 0) is 19.8 Å². The van der Waals surface area contributed by atoms with Crippen molar-refractivity contribution in [3.05, 3.63) is 11.3 Å². The number of hydrogen-bond acceptors (Lipinski definition) is 3. The number of nitrogens with zero attached hydrogens (tertiary/aromatic N) is 3. The van der Waals surface area contributed by atoms with Crippen molar-refractivity contribution in [2.75, 3.05) is 5.73 Å². The van der Waals surface area contributed by atoms with Crippen LogP contribution in [0.5, 0.6) is 0 Å². The van der Waals surface area contributed by atoms with E-state index in [1.807, 2.05) is 6.92 Å². The van der Waals surface area contributed by atoms with Gasteiger partial charge in [0.2, 0.25) is 0 Å². The van der Waals surface area contributed by atoms with Crippen LogP contribution in [0.25, 0.3) is 0 Å². The zero-order valence-corrected chi connectivity index (χ0v) is 9.74. The van der Waals surface area contributed by atoms with Gasteiger partial charge < -0.3 is 5.73 Å². The minimum absolute atomic E-state index is 0.443. The van der Waals surface area contributed by atoms with Crippen molar-refractivity contribution in [3.8, 4) is 6.07 Å². The molecule has 2 N–H and O–H groups in total. The number of rotatable bonds is 2. The summed E-state index contributed by atoms with van der Waals surface area (Å²) in [6.07, 6.45) is 6.09. The average molecular weight is 218 g/mol. The minimum Gasteiger partial charge on any atom is -0.383 e. The number of hydrogen-bond donors (Lipinski definition) is 1. The molecule has 1 aromatic heterocycles. The van der Waals surface area contributed by atoms with E-state index in [0.29, 0.717) is 17.3 Å². The highest BCUT2D eigenvalue weighted by molar-refractivity contribution is 5.53. The van der Waals surface area contributed by atoms with E-state index in [2.05, 4.69) is 11.2 Å². The molecular formula is C12H18N4. The minimum atomic E-state index is 0.443. The van der Waals surface area contributed by atoms with E-state index in [1.54, 1.807) is 4.68 Å². The van der Waals surface area contributed by atoms with Gasteiger partial charge in [0.05, 0.1) is 5.69 Å². The number of nitriles is 1. The predicted octanol–water partition coefficient (Wildman–Crippen LogP) is 2.40. The van der Waals surface area contributed by atoms with Gasteiger partial charge in [-0.3, -0.25) is 0 Å². The maximum Gasteiger partial charge on any atom is 0.140 e. The normalized spacial score (nSPS) is 17.2. The maximum atomic E-state index is 9.16. The van der Waals surface area contributed by atoms with Crippen LogP contribution in [0.15, 0.2) is 0 Å². The molecule has 1 aliphatic carbocycles. The number of nitrogens with two attached hydrogens (primary N) is 1. The first-order valence-electron chi connectivity index (χ1n) is 6.04. The highest BCUT2D eigenvalue weighted by Crippen LogP contribution is 2.35. The summed E-state index contributed by atoms with van der Waals surface area (Å²) in [4.78, 5) is 0. The van der Waals surface area contributed by atoms with Crippen molar-refractivity contribution < 1.29 is 0 Å². The molecule has 16 heavy (non-hydrogen) atoms. The Labute approximate surface area is 96.0 Å². The molecule has 0 amide bonds. The van der Waals surface area contributed by atoms with E-state index in [4.69, 9.17) is 11.0 Å². The van der Waals surface area contributed by atoms with Gasteiger partial charge in [0.1, 0.15) is 17.5 Å². The van der Waals surface area contributed by atoms with E-state index in [0.717, 1.165) is 25.1 Å². The van der Waals surface area contributed by atoms with Crippen LogP contribution in [0.1, 0.15) is 56.2 Å². The Morgan fingerprint density at radius 1 is 1.44 bits per heavy atom. The van der Waals surface area contributed by atoms with Crippen LogP contribution in [0.4, 0.5) is 5.82 Å². The lowest BCUT2D eigenvalue weighted by Gasteiger charge is -2.19. The van der Waals surface area contributed by atoms with Crippen molar-refractivity contribution in [1.29, 1.82) is 5.26 Å². The summed E-state index contributed by atoms with van der Waals surface area (Å²) in [5.41, 5.74) is 7.45. The second-order valence-corrected chi connectivity index (χ2v) is 4.41. The zero-order chi connectivity index (χ0) is 11.5. The molecule has 0 saturated heterocycles. The van der Waals surface area contributed by atoms with Gasteiger partial charge in [0.25, 0.3) is 0 Å². The average Bonchev–Trinajstić information content (AvgIpc) is 2.66. The van der Waals surface area contributed by atoms with Gasteiger partial charge >= 0.3 is 0 Å². The van der Waals surface area contributed by atoms with Crippen molar-refractivity contribution >= 4 is 5.82 Å². The summed E-state index contributed by atoms with van der Waals surface area (Å²) in [5, 5.41) is 13.6. The van der Waals surface area contributed by atoms with Crippen LogP contribution in [-0.2, 0) is 6.54 Å². The van der Waals surface area contributed by atoms with Gasteiger partial charge in [-0.1, -0.05) is 19.3 Å². The van der Waals surface area contributed by atoms with Crippen molar-refractivity contribution in [2.24, 2.45) is 0 Å². The lowest BCUT2D eigenvalue weighted by atomic mass is 9.85. The molecule has 4 nitrogen and oxygen atoms in total. The van der Waals surface area contributed by atoms with Gasteiger partial charge in [-0.15, -0.1) is 0 Å². The maximum absolute atomic E-state index is 9.16. The monoisotopic (exact) mass is 218 g/mol. The standard InChI is InChI=1S/C12H18N4/c1-2-16-12(14)10(8-13)11(15-16)9-6-4-3-5-7-9/h9H,2-7,14H2,1H3. The Morgan fingerprint density at radius 3 is 2.69 bits per heavy atom. The summed E-state index contributed by atoms with van der Waals surface area (Å²) in [6, 6.07) is 2.21. The molecule has 2 rings (SSSR count). The Hall–Kier alpha value is -1.50. The molecule has 0 bridgehead atoms. The molecule has 0 radical (unpaired) electrons. The number of nitrogen functional groups attached to an aromatic ring is 1. The molecule has 1 aromatic rings. The highest BCUT2D eigenvalue weighted by atomic mass is 15.3. The molecule has 0 unspecified atom stereocenters. The van der Waals surface area contributed by atoms with E-state index in [-0.39, 0.29) is 0 Å². The Morgan fingerprint density at radius 2 is 2.12 bits per heavy atom. The first kappa shape index (κ1) is 11.0. The fourth-order valence-corrected chi connectivity index (χ4v) is 2.51. The van der Waals surface area contributed by atoms with Crippen LogP contribution in [0.2, 0.25) is 0 Å². The predicted molar refractivity (Wildman–Crippen MR) is 62.9 cm³/mol. The largest absolute Gasteiger partial charge is 0.383 e. The molecule has 0 atom stereocenters. The Kier molecular flexibility index (Phi) is 3.14. The lowest BCUT2D eigenvalue weighted by Crippen LogP contribution is -2.07. The number of anilines is 1. The number of aryl methyl sites for hydroxylation is 1. The zero-order valence-electron chi connectivity index (χ0n) is 9.74. The van der Waals surface area contributed by atoms with E-state index < -0.39 is 0 Å². The van der Waals surface area contributed by atoms with Crippen LogP contribution in [0, 0.1) is 11.3 Å². The molecular weight excluding hydrogens is 200 g/mol. The van der Waals surface area contributed by atoms with E-state index in [9.17, 15) is 0 Å². The van der Waals surface area contributed by atoms with Gasteiger partial charge in [-0.2, -0.15) is 10.4 Å². The molecule has 1 heterocycles. The third-order valence-electron chi connectivity index (χ3n) is 3.42. The first-order chi connectivity index (χ1) is 7.77. The second kappa shape index (κ2) is 4.56. The molecule has 0 aliphatic heterocycles. The van der Waals surface area contributed by atoms with Crippen LogP contribution in [-0.4, -0.2) is 9.78 Å². The Balaban J connectivity index is 2.35. The van der Waals surface area contributed by atoms with Crippen LogP contribution < -0.4 is 5.73 Å². The third kappa shape index (κ3) is 1.78. The second-order valence-electron chi connectivity index (χ2n) is 4.41.